The predicted molar refractivity (Wildman–Crippen MR) is 69.1 cm³/mol. The minimum atomic E-state index is -0.0765. The van der Waals surface area contributed by atoms with Crippen LogP contribution in [0.15, 0.2) is 18.2 Å². The number of carbonyl (C=O) groups is 1. The van der Waals surface area contributed by atoms with Crippen LogP contribution in [-0.4, -0.2) is 5.91 Å². The van der Waals surface area contributed by atoms with E-state index in [1.807, 2.05) is 20.8 Å². The fourth-order valence-corrected chi connectivity index (χ4v) is 1.65. The van der Waals surface area contributed by atoms with Crippen molar-refractivity contribution < 1.29 is 4.79 Å². The van der Waals surface area contributed by atoms with E-state index in [0.717, 1.165) is 0 Å². The Balaban J connectivity index is 2.85. The van der Waals surface area contributed by atoms with Crippen LogP contribution in [0.1, 0.15) is 20.8 Å². The van der Waals surface area contributed by atoms with Gasteiger partial charge in [-0.3, -0.25) is 4.79 Å². The third-order valence-electron chi connectivity index (χ3n) is 2.62. The van der Waals surface area contributed by atoms with E-state index in [4.69, 9.17) is 23.2 Å². The van der Waals surface area contributed by atoms with Crippen LogP contribution in [0.2, 0.25) is 10.0 Å². The second kappa shape index (κ2) is 5.55. The number of hydrogen-bond acceptors (Lipinski definition) is 1. The summed E-state index contributed by atoms with van der Waals surface area (Å²) in [5.74, 6) is 0.138. The van der Waals surface area contributed by atoms with Gasteiger partial charge in [0.05, 0.1) is 15.7 Å². The van der Waals surface area contributed by atoms with Crippen molar-refractivity contribution in [2.75, 3.05) is 5.32 Å². The summed E-state index contributed by atoms with van der Waals surface area (Å²) < 4.78 is 0. The topological polar surface area (TPSA) is 29.1 Å². The molecule has 0 aliphatic carbocycles. The van der Waals surface area contributed by atoms with Crippen LogP contribution in [0.3, 0.4) is 0 Å². The SMILES string of the molecule is CC(C)C(C)C(=O)Nc1c(Cl)cccc1Cl. The minimum absolute atomic E-state index is 0.0648. The highest BCUT2D eigenvalue weighted by molar-refractivity contribution is 6.39. The second-order valence-electron chi connectivity index (χ2n) is 4.12. The van der Waals surface area contributed by atoms with Gasteiger partial charge in [0.2, 0.25) is 5.91 Å². The van der Waals surface area contributed by atoms with Crippen LogP contribution in [0.25, 0.3) is 0 Å². The van der Waals surface area contributed by atoms with Gasteiger partial charge in [-0.1, -0.05) is 50.0 Å². The van der Waals surface area contributed by atoms with Gasteiger partial charge in [0, 0.05) is 5.92 Å². The summed E-state index contributed by atoms with van der Waals surface area (Å²) >= 11 is 11.9. The van der Waals surface area contributed by atoms with Gasteiger partial charge in [0.25, 0.3) is 0 Å². The summed E-state index contributed by atoms with van der Waals surface area (Å²) in [5.41, 5.74) is 0.489. The highest BCUT2D eigenvalue weighted by atomic mass is 35.5. The molecule has 16 heavy (non-hydrogen) atoms. The van der Waals surface area contributed by atoms with Crippen molar-refractivity contribution in [3.05, 3.63) is 28.2 Å². The molecule has 0 saturated heterocycles. The molecule has 0 bridgehead atoms. The highest BCUT2D eigenvalue weighted by Gasteiger charge is 2.18. The standard InChI is InChI=1S/C12H15Cl2NO/c1-7(2)8(3)12(16)15-11-9(13)5-4-6-10(11)14/h4-8H,1-3H3,(H,15,16). The fraction of sp³-hybridized carbons (Fsp3) is 0.417. The van der Waals surface area contributed by atoms with E-state index in [2.05, 4.69) is 5.32 Å². The number of para-hydroxylation sites is 1. The summed E-state index contributed by atoms with van der Waals surface area (Å²) in [5, 5.41) is 3.67. The lowest BCUT2D eigenvalue weighted by Gasteiger charge is -2.16. The van der Waals surface area contributed by atoms with Gasteiger partial charge in [-0.2, -0.15) is 0 Å². The number of hydrogen-bond donors (Lipinski definition) is 1. The Morgan fingerprint density at radius 2 is 1.69 bits per heavy atom. The Morgan fingerprint density at radius 3 is 2.12 bits per heavy atom. The maximum atomic E-state index is 11.8. The van der Waals surface area contributed by atoms with E-state index in [1.54, 1.807) is 18.2 Å². The first-order chi connectivity index (χ1) is 7.43. The quantitative estimate of drug-likeness (QED) is 0.865. The summed E-state index contributed by atoms with van der Waals surface area (Å²) in [6, 6.07) is 5.14. The molecule has 1 rings (SSSR count). The molecule has 0 saturated carbocycles. The van der Waals surface area contributed by atoms with Gasteiger partial charge >= 0.3 is 0 Å². The van der Waals surface area contributed by atoms with Crippen molar-refractivity contribution in [3.63, 3.8) is 0 Å². The lowest BCUT2D eigenvalue weighted by atomic mass is 9.97. The molecule has 0 aromatic heterocycles. The molecule has 1 atom stereocenters. The van der Waals surface area contributed by atoms with Gasteiger partial charge in [-0.15, -0.1) is 0 Å². The first-order valence-corrected chi connectivity index (χ1v) is 5.94. The molecule has 2 nitrogen and oxygen atoms in total. The Hall–Kier alpha value is -0.730. The highest BCUT2D eigenvalue weighted by Crippen LogP contribution is 2.30. The zero-order valence-electron chi connectivity index (χ0n) is 9.55. The van der Waals surface area contributed by atoms with Gasteiger partial charge in [-0.25, -0.2) is 0 Å². The molecule has 0 aliphatic heterocycles. The average Bonchev–Trinajstić information content (AvgIpc) is 2.22. The molecule has 1 unspecified atom stereocenters. The van der Waals surface area contributed by atoms with Crippen molar-refractivity contribution in [2.45, 2.75) is 20.8 Å². The fourth-order valence-electron chi connectivity index (χ4n) is 1.16. The first kappa shape index (κ1) is 13.3. The summed E-state index contributed by atoms with van der Waals surface area (Å²) in [4.78, 5) is 11.8. The molecule has 1 aromatic carbocycles. The monoisotopic (exact) mass is 259 g/mol. The van der Waals surface area contributed by atoms with Crippen LogP contribution in [0.5, 0.6) is 0 Å². The summed E-state index contributed by atoms with van der Waals surface area (Å²) in [6.07, 6.45) is 0. The number of anilines is 1. The van der Waals surface area contributed by atoms with Gasteiger partial charge < -0.3 is 5.32 Å². The van der Waals surface area contributed by atoms with Crippen molar-refractivity contribution in [1.29, 1.82) is 0 Å². The van der Waals surface area contributed by atoms with Crippen LogP contribution in [0, 0.1) is 11.8 Å². The lowest BCUT2D eigenvalue weighted by molar-refractivity contribution is -0.120. The molecule has 1 N–H and O–H groups in total. The molecule has 0 heterocycles. The Kier molecular flexibility index (Phi) is 4.63. The lowest BCUT2D eigenvalue weighted by Crippen LogP contribution is -2.24. The van der Waals surface area contributed by atoms with E-state index in [1.165, 1.54) is 0 Å². The largest absolute Gasteiger partial charge is 0.323 e. The van der Waals surface area contributed by atoms with Gasteiger partial charge in [0.1, 0.15) is 0 Å². The Bertz CT molecular complexity index is 370. The zero-order valence-corrected chi connectivity index (χ0v) is 11.1. The number of rotatable bonds is 3. The molecule has 1 amide bonds. The van der Waals surface area contributed by atoms with Crippen molar-refractivity contribution >= 4 is 34.8 Å². The molecule has 0 fully saturated rings. The van der Waals surface area contributed by atoms with Crippen molar-refractivity contribution in [1.82, 2.24) is 0 Å². The number of halogens is 2. The molecule has 1 aromatic rings. The van der Waals surface area contributed by atoms with E-state index in [9.17, 15) is 4.79 Å². The van der Waals surface area contributed by atoms with Crippen LogP contribution in [0.4, 0.5) is 5.69 Å². The smallest absolute Gasteiger partial charge is 0.227 e. The molecule has 88 valence electrons. The number of nitrogens with one attached hydrogen (secondary N) is 1. The van der Waals surface area contributed by atoms with E-state index in [-0.39, 0.29) is 17.7 Å². The second-order valence-corrected chi connectivity index (χ2v) is 4.93. The Labute approximate surface area is 106 Å². The van der Waals surface area contributed by atoms with Crippen LogP contribution >= 0.6 is 23.2 Å². The summed E-state index contributed by atoms with van der Waals surface area (Å²) in [6.45, 7) is 5.88. The van der Waals surface area contributed by atoms with Crippen LogP contribution in [-0.2, 0) is 4.79 Å². The van der Waals surface area contributed by atoms with Crippen molar-refractivity contribution in [3.8, 4) is 0 Å². The predicted octanol–water partition coefficient (Wildman–Crippen LogP) is 4.22. The van der Waals surface area contributed by atoms with Crippen LogP contribution < -0.4 is 5.32 Å². The summed E-state index contributed by atoms with van der Waals surface area (Å²) in [7, 11) is 0. The Morgan fingerprint density at radius 1 is 1.19 bits per heavy atom. The van der Waals surface area contributed by atoms with E-state index in [0.29, 0.717) is 15.7 Å². The molecular weight excluding hydrogens is 245 g/mol. The third-order valence-corrected chi connectivity index (χ3v) is 3.25. The molecule has 4 heteroatoms. The molecule has 0 radical (unpaired) electrons. The van der Waals surface area contributed by atoms with Crippen molar-refractivity contribution in [2.24, 2.45) is 11.8 Å². The normalized spacial score (nSPS) is 12.6. The number of amides is 1. The number of carbonyl (C=O) groups excluding carboxylic acids is 1. The maximum absolute atomic E-state index is 11.8. The van der Waals surface area contributed by atoms with E-state index < -0.39 is 0 Å². The third kappa shape index (κ3) is 3.13. The zero-order chi connectivity index (χ0) is 12.3. The van der Waals surface area contributed by atoms with E-state index >= 15 is 0 Å². The average molecular weight is 260 g/mol. The molecule has 0 aliphatic rings. The van der Waals surface area contributed by atoms with Gasteiger partial charge in [0.15, 0.2) is 0 Å². The minimum Gasteiger partial charge on any atom is -0.323 e. The first-order valence-electron chi connectivity index (χ1n) is 5.18. The number of benzene rings is 1. The molecular formula is C12H15Cl2NO. The maximum Gasteiger partial charge on any atom is 0.227 e. The van der Waals surface area contributed by atoms with Gasteiger partial charge in [-0.05, 0) is 18.1 Å². The molecule has 0 spiro atoms.